The van der Waals surface area contributed by atoms with Crippen molar-refractivity contribution < 1.29 is 18.7 Å². The van der Waals surface area contributed by atoms with Crippen LogP contribution in [0.1, 0.15) is 24.0 Å². The van der Waals surface area contributed by atoms with Gasteiger partial charge in [-0.3, -0.25) is 4.79 Å². The third-order valence-corrected chi connectivity index (χ3v) is 5.80. The number of rotatable bonds is 7. The molecule has 1 saturated heterocycles. The fourth-order valence-corrected chi connectivity index (χ4v) is 3.81. The molecule has 1 aromatic heterocycles. The van der Waals surface area contributed by atoms with Gasteiger partial charge in [-0.15, -0.1) is 5.10 Å². The second kappa shape index (κ2) is 9.72. The van der Waals surface area contributed by atoms with E-state index in [2.05, 4.69) is 15.5 Å². The quantitative estimate of drug-likeness (QED) is 0.605. The molecule has 1 aliphatic heterocycles. The summed E-state index contributed by atoms with van der Waals surface area (Å²) in [7, 11) is 3.22. The Kier molecular flexibility index (Phi) is 6.58. The summed E-state index contributed by atoms with van der Waals surface area (Å²) in [6, 6.07) is 14.1. The lowest BCUT2D eigenvalue weighted by Gasteiger charge is -2.29. The van der Waals surface area contributed by atoms with E-state index in [-0.39, 0.29) is 11.8 Å². The van der Waals surface area contributed by atoms with Crippen molar-refractivity contribution in [1.82, 2.24) is 15.5 Å². The van der Waals surface area contributed by atoms with Crippen LogP contribution in [0.5, 0.6) is 11.5 Å². The van der Waals surface area contributed by atoms with Crippen molar-refractivity contribution in [2.75, 3.05) is 32.2 Å². The van der Waals surface area contributed by atoms with Crippen LogP contribution in [-0.4, -0.2) is 43.4 Å². The zero-order valence-corrected chi connectivity index (χ0v) is 18.6. The van der Waals surface area contributed by atoms with Gasteiger partial charge in [-0.2, -0.15) is 0 Å². The number of hydrogen-bond donors (Lipinski definition) is 1. The molecule has 0 spiro atoms. The first-order chi connectivity index (χ1) is 15.6. The first-order valence-electron chi connectivity index (χ1n) is 10.7. The van der Waals surface area contributed by atoms with Crippen molar-refractivity contribution in [3.63, 3.8) is 0 Å². The van der Waals surface area contributed by atoms with Gasteiger partial charge in [0.25, 0.3) is 0 Å². The van der Waals surface area contributed by atoms with Crippen LogP contribution >= 0.6 is 0 Å². The summed E-state index contributed by atoms with van der Waals surface area (Å²) in [5, 5.41) is 11.4. The Morgan fingerprint density at radius 2 is 1.84 bits per heavy atom. The molecule has 1 aliphatic rings. The van der Waals surface area contributed by atoms with Gasteiger partial charge in [0, 0.05) is 42.7 Å². The maximum Gasteiger partial charge on any atom is 0.318 e. The molecule has 0 unspecified atom stereocenters. The Balaban J connectivity index is 1.30. The molecule has 0 radical (unpaired) electrons. The molecule has 1 fully saturated rings. The molecule has 0 atom stereocenters. The van der Waals surface area contributed by atoms with E-state index in [9.17, 15) is 4.79 Å². The van der Waals surface area contributed by atoms with Crippen LogP contribution in [0.15, 0.2) is 46.9 Å². The summed E-state index contributed by atoms with van der Waals surface area (Å²) in [5.74, 6) is 1.92. The lowest BCUT2D eigenvalue weighted by atomic mass is 9.96. The highest BCUT2D eigenvalue weighted by Crippen LogP contribution is 2.27. The van der Waals surface area contributed by atoms with Crippen molar-refractivity contribution in [3.05, 3.63) is 53.6 Å². The van der Waals surface area contributed by atoms with Gasteiger partial charge in [0.05, 0.1) is 14.2 Å². The van der Waals surface area contributed by atoms with Gasteiger partial charge in [0.1, 0.15) is 11.5 Å². The molecule has 3 aromatic rings. The summed E-state index contributed by atoms with van der Waals surface area (Å²) in [5.41, 5.74) is 2.99. The van der Waals surface area contributed by atoms with E-state index in [0.29, 0.717) is 37.3 Å². The van der Waals surface area contributed by atoms with Gasteiger partial charge in [-0.1, -0.05) is 22.8 Å². The van der Waals surface area contributed by atoms with E-state index < -0.39 is 0 Å². The lowest BCUT2D eigenvalue weighted by molar-refractivity contribution is -0.125. The molecule has 1 N–H and O–H groups in total. The van der Waals surface area contributed by atoms with Crippen molar-refractivity contribution in [2.24, 2.45) is 5.92 Å². The monoisotopic (exact) mass is 436 g/mol. The zero-order valence-electron chi connectivity index (χ0n) is 18.6. The molecule has 0 saturated carbocycles. The van der Waals surface area contributed by atoms with E-state index in [1.54, 1.807) is 14.2 Å². The van der Waals surface area contributed by atoms with Gasteiger partial charge in [-0.05, 0) is 44.0 Å². The first-order valence-corrected chi connectivity index (χ1v) is 10.7. The number of carbonyl (C=O) groups is 1. The minimum Gasteiger partial charge on any atom is -0.497 e. The Labute approximate surface area is 187 Å². The third kappa shape index (κ3) is 4.85. The first kappa shape index (κ1) is 21.7. The molecular formula is C24H28N4O4. The van der Waals surface area contributed by atoms with Gasteiger partial charge in [0.15, 0.2) is 0 Å². The van der Waals surface area contributed by atoms with Gasteiger partial charge in [-0.25, -0.2) is 0 Å². The van der Waals surface area contributed by atoms with Crippen molar-refractivity contribution in [3.8, 4) is 23.0 Å². The van der Waals surface area contributed by atoms with E-state index in [1.165, 1.54) is 5.56 Å². The normalized spacial score (nSPS) is 14.3. The fraction of sp³-hybridized carbons (Fsp3) is 0.375. The van der Waals surface area contributed by atoms with Crippen molar-refractivity contribution >= 4 is 11.9 Å². The van der Waals surface area contributed by atoms with Gasteiger partial charge < -0.3 is 24.1 Å². The van der Waals surface area contributed by atoms with E-state index in [0.717, 1.165) is 29.7 Å². The highest BCUT2D eigenvalue weighted by atomic mass is 16.5. The van der Waals surface area contributed by atoms with Crippen LogP contribution in [0.3, 0.4) is 0 Å². The summed E-state index contributed by atoms with van der Waals surface area (Å²) in [6.07, 6.45) is 1.46. The van der Waals surface area contributed by atoms with Crippen LogP contribution in [-0.2, 0) is 11.3 Å². The predicted molar refractivity (Wildman–Crippen MR) is 121 cm³/mol. The Morgan fingerprint density at radius 1 is 1.09 bits per heavy atom. The fourth-order valence-electron chi connectivity index (χ4n) is 3.81. The highest BCUT2D eigenvalue weighted by molar-refractivity contribution is 5.79. The number of nitrogens with zero attached hydrogens (tertiary/aromatic N) is 3. The molecule has 8 heteroatoms. The molecule has 168 valence electrons. The number of methoxy groups -OCH3 is 2. The number of benzene rings is 2. The van der Waals surface area contributed by atoms with E-state index in [1.807, 2.05) is 54.3 Å². The summed E-state index contributed by atoms with van der Waals surface area (Å²) >= 11 is 0. The van der Waals surface area contributed by atoms with Crippen LogP contribution in [0.25, 0.3) is 11.5 Å². The number of carbonyl (C=O) groups excluding carboxylic acids is 1. The number of ether oxygens (including phenoxy) is 2. The average Bonchev–Trinajstić information content (AvgIpc) is 3.33. The second-order valence-corrected chi connectivity index (χ2v) is 7.91. The molecule has 0 bridgehead atoms. The van der Waals surface area contributed by atoms with Crippen molar-refractivity contribution in [2.45, 2.75) is 26.3 Å². The molecule has 2 heterocycles. The SMILES string of the molecule is COc1ccc(CNC(=O)C2CCN(c3nnc(-c4ccc(C)cc4)o3)CC2)c(OC)c1. The maximum absolute atomic E-state index is 12.7. The number of anilines is 1. The average molecular weight is 437 g/mol. The summed E-state index contributed by atoms with van der Waals surface area (Å²) in [4.78, 5) is 14.8. The topological polar surface area (TPSA) is 89.7 Å². The van der Waals surface area contributed by atoms with Crippen LogP contribution in [0, 0.1) is 12.8 Å². The Hall–Kier alpha value is -3.55. The molecule has 2 aromatic carbocycles. The Bertz CT molecular complexity index is 1060. The second-order valence-electron chi connectivity index (χ2n) is 7.91. The van der Waals surface area contributed by atoms with Crippen LogP contribution in [0.4, 0.5) is 6.01 Å². The van der Waals surface area contributed by atoms with Crippen LogP contribution < -0.4 is 19.7 Å². The molecule has 1 amide bonds. The summed E-state index contributed by atoms with van der Waals surface area (Å²) < 4.78 is 16.5. The zero-order chi connectivity index (χ0) is 22.5. The standard InChI is InChI=1S/C24H28N4O4/c1-16-4-6-18(7-5-16)23-26-27-24(32-23)28-12-10-17(11-13-28)22(29)25-15-19-8-9-20(30-2)14-21(19)31-3/h4-9,14,17H,10-13,15H2,1-3H3,(H,25,29). The summed E-state index contributed by atoms with van der Waals surface area (Å²) in [6.45, 7) is 3.84. The number of piperidine rings is 1. The van der Waals surface area contributed by atoms with Gasteiger partial charge >= 0.3 is 6.01 Å². The minimum absolute atomic E-state index is 0.0463. The number of aromatic nitrogens is 2. The van der Waals surface area contributed by atoms with Crippen molar-refractivity contribution in [1.29, 1.82) is 0 Å². The highest BCUT2D eigenvalue weighted by Gasteiger charge is 2.27. The molecule has 4 rings (SSSR count). The van der Waals surface area contributed by atoms with Gasteiger partial charge in [0.2, 0.25) is 11.8 Å². The number of amides is 1. The smallest absolute Gasteiger partial charge is 0.318 e. The third-order valence-electron chi connectivity index (χ3n) is 5.80. The number of nitrogens with one attached hydrogen (secondary N) is 1. The maximum atomic E-state index is 12.7. The molecule has 8 nitrogen and oxygen atoms in total. The van der Waals surface area contributed by atoms with E-state index >= 15 is 0 Å². The predicted octanol–water partition coefficient (Wildman–Crippen LogP) is 3.60. The molecular weight excluding hydrogens is 408 g/mol. The largest absolute Gasteiger partial charge is 0.497 e. The molecule has 0 aliphatic carbocycles. The molecule has 32 heavy (non-hydrogen) atoms. The Morgan fingerprint density at radius 3 is 2.53 bits per heavy atom. The van der Waals surface area contributed by atoms with Crippen LogP contribution in [0.2, 0.25) is 0 Å². The number of hydrogen-bond acceptors (Lipinski definition) is 7. The lowest BCUT2D eigenvalue weighted by Crippen LogP contribution is -2.40. The van der Waals surface area contributed by atoms with E-state index in [4.69, 9.17) is 13.9 Å². The number of aryl methyl sites for hydroxylation is 1. The minimum atomic E-state index is -0.0463.